The van der Waals surface area contributed by atoms with Crippen LogP contribution in [0.2, 0.25) is 0 Å². The molecule has 0 radical (unpaired) electrons. The third kappa shape index (κ3) is 8.81. The summed E-state index contributed by atoms with van der Waals surface area (Å²) in [5.41, 5.74) is 29.3. The number of pyridine rings is 1. The monoisotopic (exact) mass is 1370 g/mol. The van der Waals surface area contributed by atoms with E-state index in [0.717, 1.165) is 101 Å². The van der Waals surface area contributed by atoms with Crippen LogP contribution in [0.1, 0.15) is 0 Å². The van der Waals surface area contributed by atoms with Crippen LogP contribution in [0.5, 0.6) is 0 Å². The summed E-state index contributed by atoms with van der Waals surface area (Å²) in [4.78, 5) is 5.50. The zero-order valence-corrected chi connectivity index (χ0v) is 58.5. The molecule has 7 heteroatoms. The molecule has 0 atom stereocenters. The molecule has 7 nitrogen and oxygen atoms in total. The summed E-state index contributed by atoms with van der Waals surface area (Å²) >= 11 is 0. The number of fused-ring (bicyclic) bond motifs is 20. The van der Waals surface area contributed by atoms with Gasteiger partial charge in [0, 0.05) is 98.6 Å². The molecule has 0 unspecified atom stereocenters. The van der Waals surface area contributed by atoms with Crippen molar-refractivity contribution in [1.82, 2.24) is 32.4 Å². The minimum absolute atomic E-state index is 0.889. The molecule has 0 saturated heterocycles. The van der Waals surface area contributed by atoms with Crippen LogP contribution in [0.15, 0.2) is 382 Å². The van der Waals surface area contributed by atoms with Gasteiger partial charge in [-0.15, -0.1) is 0 Å². The molecule has 0 aliphatic heterocycles. The van der Waals surface area contributed by atoms with Crippen LogP contribution in [0, 0.1) is 0 Å². The van der Waals surface area contributed by atoms with E-state index >= 15 is 0 Å². The fourth-order valence-corrected chi connectivity index (χ4v) is 18.2. The van der Waals surface area contributed by atoms with Gasteiger partial charge in [-0.2, -0.15) is 0 Å². The Morgan fingerprint density at radius 1 is 0.167 bits per heavy atom. The van der Waals surface area contributed by atoms with Gasteiger partial charge in [0.25, 0.3) is 0 Å². The maximum absolute atomic E-state index is 5.50. The van der Waals surface area contributed by atoms with E-state index in [1.54, 1.807) is 0 Å². The van der Waals surface area contributed by atoms with Crippen LogP contribution >= 0.6 is 0 Å². The van der Waals surface area contributed by atoms with Crippen molar-refractivity contribution >= 4 is 131 Å². The first-order chi connectivity index (χ1) is 53.6. The minimum atomic E-state index is 0.889. The quantitative estimate of drug-likeness (QED) is 0.135. The van der Waals surface area contributed by atoms with Gasteiger partial charge >= 0.3 is 0 Å². The van der Waals surface area contributed by atoms with Gasteiger partial charge in [-0.3, -0.25) is 4.98 Å². The molecular formula is C101H63N7. The zero-order chi connectivity index (χ0) is 70.7. The van der Waals surface area contributed by atoms with Crippen LogP contribution in [0.25, 0.3) is 210 Å². The average molecular weight is 1370 g/mol. The van der Waals surface area contributed by atoms with Crippen LogP contribution in [-0.4, -0.2) is 32.4 Å². The highest BCUT2D eigenvalue weighted by atomic mass is 15.1. The number of aromatic nitrogens is 7. The van der Waals surface area contributed by atoms with Crippen molar-refractivity contribution in [1.29, 1.82) is 0 Å². The molecule has 0 aliphatic carbocycles. The van der Waals surface area contributed by atoms with Gasteiger partial charge in [-0.05, 0) is 185 Å². The maximum atomic E-state index is 5.50. The number of benzene rings is 16. The van der Waals surface area contributed by atoms with Crippen LogP contribution in [0.3, 0.4) is 0 Å². The molecule has 7 aromatic heterocycles. The molecule has 0 amide bonds. The molecule has 16 aromatic carbocycles. The van der Waals surface area contributed by atoms with E-state index in [0.29, 0.717) is 0 Å². The second-order valence-electron chi connectivity index (χ2n) is 28.5. The van der Waals surface area contributed by atoms with Gasteiger partial charge < -0.3 is 27.4 Å². The third-order valence-corrected chi connectivity index (χ3v) is 22.8. The fourth-order valence-electron chi connectivity index (χ4n) is 18.2. The Kier molecular flexibility index (Phi) is 13.0. The summed E-state index contributed by atoms with van der Waals surface area (Å²) in [7, 11) is 0. The number of hydrogen-bond acceptors (Lipinski definition) is 1. The van der Waals surface area contributed by atoms with E-state index in [9.17, 15) is 0 Å². The van der Waals surface area contributed by atoms with E-state index in [4.69, 9.17) is 4.98 Å². The standard InChI is InChI=1S/C101H63N7/c1-6-29-69(30-7-1)103-88-44-21-16-39-75(88)84-59-67(51-56-93(84)103)82-62-86-77-41-18-23-46-90(77)106(72-35-12-4-13-36-72)99(86)101-97(82)80-43-20-25-48-92(80)108(101)74-52-54-87(102-63-74)68-49-53-78-83-58-65(50-55-94(83)104(95(78)60-68)70-31-8-2-9-32-70)64-27-26-28-66(57-64)81-61-85-76-40-17-22-45-89(76)105(71-33-10-3-11-34-71)98(85)100-96(81)79-42-19-24-47-91(79)107(100)73-37-14-5-15-38-73/h1-63H. The Morgan fingerprint density at radius 2 is 0.500 bits per heavy atom. The fraction of sp³-hybridized carbons (Fsp3) is 0. The Labute approximate surface area is 620 Å². The van der Waals surface area contributed by atoms with Crippen molar-refractivity contribution in [3.63, 3.8) is 0 Å². The van der Waals surface area contributed by atoms with E-state index < -0.39 is 0 Å². The lowest BCUT2D eigenvalue weighted by atomic mass is 9.93. The second-order valence-corrected chi connectivity index (χ2v) is 28.5. The molecule has 23 rings (SSSR count). The van der Waals surface area contributed by atoms with Crippen LogP contribution in [-0.2, 0) is 0 Å². The number of nitrogens with zero attached hydrogens (tertiary/aromatic N) is 7. The predicted molar refractivity (Wildman–Crippen MR) is 452 cm³/mol. The summed E-state index contributed by atoms with van der Waals surface area (Å²) in [5, 5.41) is 14.4. The van der Waals surface area contributed by atoms with Crippen molar-refractivity contribution in [2.24, 2.45) is 0 Å². The average Bonchev–Trinajstić information content (AvgIpc) is 1.54. The predicted octanol–water partition coefficient (Wildman–Crippen LogP) is 26.3. The molecule has 0 aliphatic rings. The Balaban J connectivity index is 0.685. The molecule has 7 heterocycles. The van der Waals surface area contributed by atoms with Gasteiger partial charge in [0.15, 0.2) is 0 Å². The van der Waals surface area contributed by atoms with Crippen molar-refractivity contribution in [3.8, 4) is 78.8 Å². The van der Waals surface area contributed by atoms with E-state index in [2.05, 4.69) is 410 Å². The maximum Gasteiger partial charge on any atom is 0.0795 e. The smallest absolute Gasteiger partial charge is 0.0795 e. The molecule has 502 valence electrons. The number of hydrogen-bond donors (Lipinski definition) is 0. The molecule has 108 heavy (non-hydrogen) atoms. The normalized spacial score (nSPS) is 12.1. The van der Waals surface area contributed by atoms with E-state index in [1.165, 1.54) is 109 Å². The first-order valence-corrected chi connectivity index (χ1v) is 37.1. The Morgan fingerprint density at radius 3 is 0.981 bits per heavy atom. The van der Waals surface area contributed by atoms with Gasteiger partial charge in [-0.1, -0.05) is 224 Å². The van der Waals surface area contributed by atoms with Gasteiger partial charge in [-0.25, -0.2) is 0 Å². The zero-order valence-electron chi connectivity index (χ0n) is 58.5. The van der Waals surface area contributed by atoms with Crippen molar-refractivity contribution < 1.29 is 0 Å². The number of rotatable bonds is 10. The lowest BCUT2D eigenvalue weighted by molar-refractivity contribution is 1.13. The summed E-state index contributed by atoms with van der Waals surface area (Å²) in [5.74, 6) is 0. The van der Waals surface area contributed by atoms with Crippen LogP contribution < -0.4 is 0 Å². The number of para-hydroxylation sites is 10. The topological polar surface area (TPSA) is 42.5 Å². The SMILES string of the molecule is c1ccc(-n2c3ccccc3c3cc(-c4cc5c6ccccc6n(-c6ccccc6)c5c5c4c4ccccc4n5-c4ccc(-c5ccc6c7cc(-c8cccc(-c9cc%10c%11ccccc%11n(-c%11ccccc%11)c%10c%10c9c9ccccc9n%10-c9ccccc9)c8)ccc7n(-c7ccccc7)c6c5)nc4)ccc32)cc1. The minimum Gasteiger partial charge on any atom is -0.309 e. The summed E-state index contributed by atoms with van der Waals surface area (Å²) < 4.78 is 14.7. The van der Waals surface area contributed by atoms with Crippen molar-refractivity contribution in [3.05, 3.63) is 382 Å². The molecular weight excluding hydrogens is 1310 g/mol. The molecule has 0 saturated carbocycles. The third-order valence-electron chi connectivity index (χ3n) is 22.8. The highest BCUT2D eigenvalue weighted by molar-refractivity contribution is 6.30. The second kappa shape index (κ2) is 23.5. The Hall–Kier alpha value is -14.5. The van der Waals surface area contributed by atoms with Crippen molar-refractivity contribution in [2.75, 3.05) is 0 Å². The highest BCUT2D eigenvalue weighted by Crippen LogP contribution is 2.50. The molecule has 0 N–H and O–H groups in total. The van der Waals surface area contributed by atoms with Gasteiger partial charge in [0.05, 0.1) is 83.8 Å². The summed E-state index contributed by atoms with van der Waals surface area (Å²) in [6, 6.07) is 138. The molecule has 23 aromatic rings. The van der Waals surface area contributed by atoms with Crippen LogP contribution in [0.4, 0.5) is 0 Å². The first kappa shape index (κ1) is 59.9. The largest absolute Gasteiger partial charge is 0.309 e. The summed E-state index contributed by atoms with van der Waals surface area (Å²) in [6.45, 7) is 0. The highest BCUT2D eigenvalue weighted by Gasteiger charge is 2.28. The van der Waals surface area contributed by atoms with Crippen molar-refractivity contribution in [2.45, 2.75) is 0 Å². The van der Waals surface area contributed by atoms with Gasteiger partial charge in [0.1, 0.15) is 0 Å². The lowest BCUT2D eigenvalue weighted by Crippen LogP contribution is -2.00. The van der Waals surface area contributed by atoms with Gasteiger partial charge in [0.2, 0.25) is 0 Å². The van der Waals surface area contributed by atoms with E-state index in [-0.39, 0.29) is 0 Å². The lowest BCUT2D eigenvalue weighted by Gasteiger charge is -2.14. The summed E-state index contributed by atoms with van der Waals surface area (Å²) in [6.07, 6.45) is 2.09. The molecule has 0 bridgehead atoms. The van der Waals surface area contributed by atoms with E-state index in [1.807, 2.05) is 0 Å². The first-order valence-electron chi connectivity index (χ1n) is 37.1. The Bertz CT molecular complexity index is 7620. The molecule has 0 fully saturated rings. The molecule has 0 spiro atoms.